The highest BCUT2D eigenvalue weighted by Gasteiger charge is 2.15. The molecule has 0 atom stereocenters. The van der Waals surface area contributed by atoms with E-state index in [0.29, 0.717) is 5.92 Å². The van der Waals surface area contributed by atoms with Crippen LogP contribution in [0.4, 0.5) is 5.82 Å². The van der Waals surface area contributed by atoms with Crippen LogP contribution in [0.15, 0.2) is 21.2 Å². The summed E-state index contributed by atoms with van der Waals surface area (Å²) < 4.78 is 1.73. The maximum atomic E-state index is 11.1. The van der Waals surface area contributed by atoms with Crippen molar-refractivity contribution in [1.29, 1.82) is 0 Å². The molecule has 6 heteroatoms. The number of pyridine rings is 1. The molecule has 1 rings (SSSR count). The van der Waals surface area contributed by atoms with Crippen LogP contribution in [0.1, 0.15) is 13.8 Å². The van der Waals surface area contributed by atoms with E-state index < -0.39 is 0 Å². The lowest BCUT2D eigenvalue weighted by atomic mass is 10.2. The van der Waals surface area contributed by atoms with Crippen molar-refractivity contribution in [1.82, 2.24) is 4.98 Å². The van der Waals surface area contributed by atoms with Gasteiger partial charge in [-0.15, -0.1) is 0 Å². The standard InChI is InChI=1S/C11H15Br2N3O/c1-7(2)5-16(6-10(14)17)11-9(13)3-8(12)4-15-11/h3-4,7H,5-6H2,1-2H3,(H2,14,17). The van der Waals surface area contributed by atoms with Crippen molar-refractivity contribution in [2.24, 2.45) is 11.7 Å². The van der Waals surface area contributed by atoms with Crippen molar-refractivity contribution in [2.45, 2.75) is 13.8 Å². The SMILES string of the molecule is CC(C)CN(CC(N)=O)c1ncc(Br)cc1Br. The molecule has 0 saturated carbocycles. The average Bonchev–Trinajstić information content (AvgIpc) is 2.14. The van der Waals surface area contributed by atoms with E-state index in [2.05, 4.69) is 50.7 Å². The first-order chi connectivity index (χ1) is 7.90. The second kappa shape index (κ2) is 6.35. The van der Waals surface area contributed by atoms with Gasteiger partial charge in [0.25, 0.3) is 0 Å². The number of primary amides is 1. The van der Waals surface area contributed by atoms with Gasteiger partial charge in [0.05, 0.1) is 11.0 Å². The quantitative estimate of drug-likeness (QED) is 0.873. The molecule has 0 aliphatic heterocycles. The molecule has 1 amide bonds. The molecule has 0 aliphatic carbocycles. The Bertz CT molecular complexity index is 410. The molecule has 4 nitrogen and oxygen atoms in total. The summed E-state index contributed by atoms with van der Waals surface area (Å²) in [6.07, 6.45) is 1.70. The summed E-state index contributed by atoms with van der Waals surface area (Å²) in [6, 6.07) is 1.90. The monoisotopic (exact) mass is 363 g/mol. The third-order valence-corrected chi connectivity index (χ3v) is 3.04. The second-order valence-electron chi connectivity index (χ2n) is 4.20. The van der Waals surface area contributed by atoms with E-state index in [0.717, 1.165) is 21.3 Å². The lowest BCUT2D eigenvalue weighted by molar-refractivity contribution is -0.116. The first-order valence-electron chi connectivity index (χ1n) is 5.24. The highest BCUT2D eigenvalue weighted by Crippen LogP contribution is 2.27. The fraction of sp³-hybridized carbons (Fsp3) is 0.455. The smallest absolute Gasteiger partial charge is 0.236 e. The number of carbonyl (C=O) groups excluding carboxylic acids is 1. The number of halogens is 2. The third-order valence-electron chi connectivity index (χ3n) is 2.02. The van der Waals surface area contributed by atoms with Gasteiger partial charge in [-0.05, 0) is 43.8 Å². The van der Waals surface area contributed by atoms with Crippen molar-refractivity contribution >= 4 is 43.6 Å². The zero-order valence-electron chi connectivity index (χ0n) is 9.78. The highest BCUT2D eigenvalue weighted by molar-refractivity contribution is 9.11. The summed E-state index contributed by atoms with van der Waals surface area (Å²) in [5.74, 6) is 0.801. The molecule has 0 aliphatic rings. The Kier molecular flexibility index (Phi) is 5.39. The third kappa shape index (κ3) is 4.63. The van der Waals surface area contributed by atoms with Crippen LogP contribution in [0.3, 0.4) is 0 Å². The largest absolute Gasteiger partial charge is 0.368 e. The van der Waals surface area contributed by atoms with Gasteiger partial charge in [-0.25, -0.2) is 4.98 Å². The number of carbonyl (C=O) groups is 1. The van der Waals surface area contributed by atoms with Gasteiger partial charge in [-0.1, -0.05) is 13.8 Å². The minimum Gasteiger partial charge on any atom is -0.368 e. The summed E-state index contributed by atoms with van der Waals surface area (Å²) in [7, 11) is 0. The van der Waals surface area contributed by atoms with Gasteiger partial charge < -0.3 is 10.6 Å². The Morgan fingerprint density at radius 1 is 1.53 bits per heavy atom. The molecule has 1 aromatic heterocycles. The predicted molar refractivity (Wildman–Crippen MR) is 75.9 cm³/mol. The molecule has 0 unspecified atom stereocenters. The van der Waals surface area contributed by atoms with Gasteiger partial charge in [0, 0.05) is 17.2 Å². The minimum atomic E-state index is -0.359. The number of rotatable bonds is 5. The number of hydrogen-bond acceptors (Lipinski definition) is 3. The maximum absolute atomic E-state index is 11.1. The molecule has 0 fully saturated rings. The van der Waals surface area contributed by atoms with Gasteiger partial charge >= 0.3 is 0 Å². The lowest BCUT2D eigenvalue weighted by Gasteiger charge is -2.25. The fourth-order valence-electron chi connectivity index (χ4n) is 1.49. The summed E-state index contributed by atoms with van der Waals surface area (Å²) in [5, 5.41) is 0. The van der Waals surface area contributed by atoms with Crippen molar-refractivity contribution < 1.29 is 4.79 Å². The molecule has 2 N–H and O–H groups in total. The molecular formula is C11H15Br2N3O. The van der Waals surface area contributed by atoms with E-state index in [1.54, 1.807) is 6.20 Å². The molecule has 0 radical (unpaired) electrons. The van der Waals surface area contributed by atoms with Crippen molar-refractivity contribution in [3.8, 4) is 0 Å². The molecule has 1 aromatic rings. The van der Waals surface area contributed by atoms with Crippen LogP contribution in [-0.4, -0.2) is 24.0 Å². The average molecular weight is 365 g/mol. The molecule has 0 spiro atoms. The Balaban J connectivity index is 2.98. The zero-order chi connectivity index (χ0) is 13.0. The van der Waals surface area contributed by atoms with Crippen LogP contribution in [-0.2, 0) is 4.79 Å². The number of hydrogen-bond donors (Lipinski definition) is 1. The molecule has 0 saturated heterocycles. The van der Waals surface area contributed by atoms with Gasteiger partial charge in [0.1, 0.15) is 5.82 Å². The van der Waals surface area contributed by atoms with E-state index in [9.17, 15) is 4.79 Å². The summed E-state index contributed by atoms with van der Waals surface area (Å²) in [4.78, 5) is 17.3. The number of aromatic nitrogens is 1. The molecule has 1 heterocycles. The van der Waals surface area contributed by atoms with E-state index in [1.165, 1.54) is 0 Å². The summed E-state index contributed by atoms with van der Waals surface area (Å²) >= 11 is 6.79. The van der Waals surface area contributed by atoms with Gasteiger partial charge in [-0.2, -0.15) is 0 Å². The first kappa shape index (κ1) is 14.4. The van der Waals surface area contributed by atoms with Crippen LogP contribution in [0, 0.1) is 5.92 Å². The number of nitrogens with zero attached hydrogens (tertiary/aromatic N) is 2. The maximum Gasteiger partial charge on any atom is 0.236 e. The predicted octanol–water partition coefficient (Wildman–Crippen LogP) is 2.55. The van der Waals surface area contributed by atoms with Crippen LogP contribution < -0.4 is 10.6 Å². The highest BCUT2D eigenvalue weighted by atomic mass is 79.9. The van der Waals surface area contributed by atoms with Crippen LogP contribution in [0.25, 0.3) is 0 Å². The van der Waals surface area contributed by atoms with Gasteiger partial charge in [-0.3, -0.25) is 4.79 Å². The van der Waals surface area contributed by atoms with E-state index in [4.69, 9.17) is 5.73 Å². The first-order valence-corrected chi connectivity index (χ1v) is 6.83. The van der Waals surface area contributed by atoms with Gasteiger partial charge in [0.2, 0.25) is 5.91 Å². The fourth-order valence-corrected chi connectivity index (χ4v) is 2.73. The summed E-state index contributed by atoms with van der Waals surface area (Å²) in [5.41, 5.74) is 5.25. The molecule has 0 bridgehead atoms. The van der Waals surface area contributed by atoms with E-state index >= 15 is 0 Å². The number of nitrogens with two attached hydrogens (primary N) is 1. The summed E-state index contributed by atoms with van der Waals surface area (Å²) in [6.45, 7) is 5.07. The molecular weight excluding hydrogens is 350 g/mol. The van der Waals surface area contributed by atoms with Crippen LogP contribution in [0.5, 0.6) is 0 Å². The number of amides is 1. The normalized spacial score (nSPS) is 10.6. The Morgan fingerprint density at radius 2 is 2.18 bits per heavy atom. The minimum absolute atomic E-state index is 0.172. The second-order valence-corrected chi connectivity index (χ2v) is 5.97. The Hall–Kier alpha value is -0.620. The molecule has 17 heavy (non-hydrogen) atoms. The van der Waals surface area contributed by atoms with Crippen molar-refractivity contribution in [2.75, 3.05) is 18.0 Å². The van der Waals surface area contributed by atoms with Gasteiger partial charge in [0.15, 0.2) is 0 Å². The molecule has 94 valence electrons. The zero-order valence-corrected chi connectivity index (χ0v) is 13.0. The van der Waals surface area contributed by atoms with Crippen molar-refractivity contribution in [3.63, 3.8) is 0 Å². The lowest BCUT2D eigenvalue weighted by Crippen LogP contribution is -2.37. The van der Waals surface area contributed by atoms with Crippen LogP contribution >= 0.6 is 31.9 Å². The van der Waals surface area contributed by atoms with E-state index in [1.807, 2.05) is 11.0 Å². The van der Waals surface area contributed by atoms with Crippen LogP contribution in [0.2, 0.25) is 0 Å². The number of anilines is 1. The molecule has 0 aromatic carbocycles. The Morgan fingerprint density at radius 3 is 2.65 bits per heavy atom. The Labute approximate surface area is 118 Å². The van der Waals surface area contributed by atoms with E-state index in [-0.39, 0.29) is 12.5 Å². The topological polar surface area (TPSA) is 59.2 Å². The van der Waals surface area contributed by atoms with Crippen molar-refractivity contribution in [3.05, 3.63) is 21.2 Å².